The van der Waals surface area contributed by atoms with Crippen molar-refractivity contribution in [2.24, 2.45) is 11.8 Å². The molecule has 1 saturated heterocycles. The van der Waals surface area contributed by atoms with E-state index in [0.717, 1.165) is 29.7 Å². The van der Waals surface area contributed by atoms with E-state index >= 15 is 0 Å². The predicted octanol–water partition coefficient (Wildman–Crippen LogP) is 3.56. The highest BCUT2D eigenvalue weighted by Crippen LogP contribution is 2.36. The Bertz CT molecular complexity index is 764. The summed E-state index contributed by atoms with van der Waals surface area (Å²) in [4.78, 5) is 38.8. The SMILES string of the molecule is CC(C)Cc1ccc([C@@H](C)NC(=O)CN2C(=O)NC3(CCC(C)CC3)C2=O)cc1. The Labute approximate surface area is 173 Å². The van der Waals surface area contributed by atoms with Crippen molar-refractivity contribution in [1.82, 2.24) is 15.5 Å². The summed E-state index contributed by atoms with van der Waals surface area (Å²) in [6, 6.07) is 7.57. The van der Waals surface area contributed by atoms with Gasteiger partial charge in [0.1, 0.15) is 12.1 Å². The van der Waals surface area contributed by atoms with E-state index in [4.69, 9.17) is 0 Å². The molecular weight excluding hydrogens is 366 g/mol. The van der Waals surface area contributed by atoms with Crippen LogP contribution in [0.1, 0.15) is 70.5 Å². The quantitative estimate of drug-likeness (QED) is 0.718. The van der Waals surface area contributed by atoms with E-state index in [1.165, 1.54) is 5.56 Å². The lowest BCUT2D eigenvalue weighted by Gasteiger charge is -2.33. The van der Waals surface area contributed by atoms with Crippen LogP contribution in [0.3, 0.4) is 0 Å². The van der Waals surface area contributed by atoms with E-state index in [-0.39, 0.29) is 24.4 Å². The van der Waals surface area contributed by atoms with Gasteiger partial charge in [-0.1, -0.05) is 45.0 Å². The number of rotatable bonds is 6. The highest BCUT2D eigenvalue weighted by molar-refractivity contribution is 6.09. The number of nitrogens with zero attached hydrogens (tertiary/aromatic N) is 1. The van der Waals surface area contributed by atoms with Crippen molar-refractivity contribution in [3.05, 3.63) is 35.4 Å². The molecule has 0 aromatic heterocycles. The number of imide groups is 1. The third kappa shape index (κ3) is 4.80. The van der Waals surface area contributed by atoms with Crippen LogP contribution in [0.4, 0.5) is 4.79 Å². The van der Waals surface area contributed by atoms with Gasteiger partial charge < -0.3 is 10.6 Å². The average molecular weight is 400 g/mol. The van der Waals surface area contributed by atoms with Crippen molar-refractivity contribution in [3.63, 3.8) is 0 Å². The zero-order valence-electron chi connectivity index (χ0n) is 18.0. The molecule has 1 aromatic carbocycles. The van der Waals surface area contributed by atoms with E-state index < -0.39 is 11.6 Å². The largest absolute Gasteiger partial charge is 0.348 e. The molecule has 2 N–H and O–H groups in total. The zero-order chi connectivity index (χ0) is 21.2. The Morgan fingerprint density at radius 3 is 2.38 bits per heavy atom. The van der Waals surface area contributed by atoms with E-state index in [2.05, 4.69) is 43.5 Å². The Kier molecular flexibility index (Phi) is 6.30. The standard InChI is InChI=1S/C23H33N3O3/c1-15(2)13-18-5-7-19(8-6-18)17(4)24-20(27)14-26-21(28)23(25-22(26)29)11-9-16(3)10-12-23/h5-8,15-17H,9-14H2,1-4H3,(H,24,27)(H,25,29)/t16?,17-,23?/m1/s1. The van der Waals surface area contributed by atoms with Crippen LogP contribution in [0.2, 0.25) is 0 Å². The lowest BCUT2D eigenvalue weighted by atomic mass is 9.77. The molecule has 1 heterocycles. The maximum Gasteiger partial charge on any atom is 0.325 e. The molecule has 3 rings (SSSR count). The minimum absolute atomic E-state index is 0.194. The van der Waals surface area contributed by atoms with Crippen LogP contribution in [0.5, 0.6) is 0 Å². The molecule has 2 fully saturated rings. The number of benzene rings is 1. The number of nitrogens with one attached hydrogen (secondary N) is 2. The summed E-state index contributed by atoms with van der Waals surface area (Å²) in [7, 11) is 0. The first-order chi connectivity index (χ1) is 13.7. The molecule has 1 aliphatic carbocycles. The molecule has 0 radical (unpaired) electrons. The first kappa shape index (κ1) is 21.3. The number of carbonyl (C=O) groups is 3. The Morgan fingerprint density at radius 1 is 1.17 bits per heavy atom. The second-order valence-corrected chi connectivity index (χ2v) is 9.21. The highest BCUT2D eigenvalue weighted by atomic mass is 16.2. The normalized spacial score (nSPS) is 25.4. The second kappa shape index (κ2) is 8.56. The van der Waals surface area contributed by atoms with E-state index in [1.807, 2.05) is 19.1 Å². The Hall–Kier alpha value is -2.37. The summed E-state index contributed by atoms with van der Waals surface area (Å²) in [6.07, 6.45) is 4.14. The molecule has 158 valence electrons. The molecule has 1 spiro atoms. The topological polar surface area (TPSA) is 78.5 Å². The molecule has 0 unspecified atom stereocenters. The van der Waals surface area contributed by atoms with Crippen LogP contribution < -0.4 is 10.6 Å². The fraction of sp³-hybridized carbons (Fsp3) is 0.609. The van der Waals surface area contributed by atoms with Crippen molar-refractivity contribution >= 4 is 17.8 Å². The summed E-state index contributed by atoms with van der Waals surface area (Å²) < 4.78 is 0. The predicted molar refractivity (Wildman–Crippen MR) is 112 cm³/mol. The van der Waals surface area contributed by atoms with E-state index in [0.29, 0.717) is 24.7 Å². The van der Waals surface area contributed by atoms with E-state index in [9.17, 15) is 14.4 Å². The van der Waals surface area contributed by atoms with Crippen molar-refractivity contribution in [1.29, 1.82) is 0 Å². The smallest absolute Gasteiger partial charge is 0.325 e. The molecule has 1 saturated carbocycles. The minimum Gasteiger partial charge on any atom is -0.348 e. The van der Waals surface area contributed by atoms with Gasteiger partial charge in [0.15, 0.2) is 0 Å². The number of hydrogen-bond donors (Lipinski definition) is 2. The molecule has 1 atom stereocenters. The van der Waals surface area contributed by atoms with Crippen LogP contribution in [-0.2, 0) is 16.0 Å². The molecule has 6 heteroatoms. The van der Waals surface area contributed by atoms with Crippen molar-refractivity contribution in [3.8, 4) is 0 Å². The molecule has 6 nitrogen and oxygen atoms in total. The fourth-order valence-corrected chi connectivity index (χ4v) is 4.34. The monoisotopic (exact) mass is 399 g/mol. The van der Waals surface area contributed by atoms with Gasteiger partial charge in [-0.15, -0.1) is 0 Å². The van der Waals surface area contributed by atoms with Crippen molar-refractivity contribution < 1.29 is 14.4 Å². The van der Waals surface area contributed by atoms with Crippen LogP contribution in [0, 0.1) is 11.8 Å². The van der Waals surface area contributed by atoms with Crippen LogP contribution in [0.15, 0.2) is 24.3 Å². The van der Waals surface area contributed by atoms with Gasteiger partial charge >= 0.3 is 6.03 Å². The van der Waals surface area contributed by atoms with Crippen LogP contribution >= 0.6 is 0 Å². The lowest BCUT2D eigenvalue weighted by molar-refractivity contribution is -0.136. The van der Waals surface area contributed by atoms with Gasteiger partial charge in [-0.25, -0.2) is 4.79 Å². The fourth-order valence-electron chi connectivity index (χ4n) is 4.34. The van der Waals surface area contributed by atoms with E-state index in [1.54, 1.807) is 0 Å². The maximum absolute atomic E-state index is 12.9. The van der Waals surface area contributed by atoms with Gasteiger partial charge in [-0.05, 0) is 62.0 Å². The lowest BCUT2D eigenvalue weighted by Crippen LogP contribution is -2.50. The summed E-state index contributed by atoms with van der Waals surface area (Å²) in [5.41, 5.74) is 1.47. The molecule has 4 amide bonds. The van der Waals surface area contributed by atoms with Gasteiger partial charge in [0, 0.05) is 0 Å². The molecule has 1 aliphatic heterocycles. The molecule has 0 bridgehead atoms. The first-order valence-electron chi connectivity index (χ1n) is 10.7. The molecule has 2 aliphatic rings. The van der Waals surface area contributed by atoms with Gasteiger partial charge in [0.05, 0.1) is 6.04 Å². The summed E-state index contributed by atoms with van der Waals surface area (Å²) >= 11 is 0. The summed E-state index contributed by atoms with van der Waals surface area (Å²) in [5.74, 6) is 0.581. The molecule has 29 heavy (non-hydrogen) atoms. The summed E-state index contributed by atoms with van der Waals surface area (Å²) in [5, 5.41) is 5.77. The van der Waals surface area contributed by atoms with Crippen molar-refractivity contribution in [2.45, 2.75) is 71.4 Å². The zero-order valence-corrected chi connectivity index (χ0v) is 18.0. The second-order valence-electron chi connectivity index (χ2n) is 9.21. The molecular formula is C23H33N3O3. The number of urea groups is 1. The number of amides is 4. The third-order valence-corrected chi connectivity index (χ3v) is 6.18. The number of carbonyl (C=O) groups excluding carboxylic acids is 3. The van der Waals surface area contributed by atoms with Crippen molar-refractivity contribution in [2.75, 3.05) is 6.54 Å². The minimum atomic E-state index is -0.804. The van der Waals surface area contributed by atoms with Gasteiger partial charge in [0.25, 0.3) is 5.91 Å². The summed E-state index contributed by atoms with van der Waals surface area (Å²) in [6.45, 7) is 8.20. The maximum atomic E-state index is 12.9. The van der Waals surface area contributed by atoms with Crippen LogP contribution in [-0.4, -0.2) is 34.8 Å². The Balaban J connectivity index is 1.57. The highest BCUT2D eigenvalue weighted by Gasteiger charge is 2.52. The van der Waals surface area contributed by atoms with Gasteiger partial charge in [-0.3, -0.25) is 14.5 Å². The Morgan fingerprint density at radius 2 is 1.79 bits per heavy atom. The third-order valence-electron chi connectivity index (χ3n) is 6.18. The van der Waals surface area contributed by atoms with Gasteiger partial charge in [-0.2, -0.15) is 0 Å². The van der Waals surface area contributed by atoms with Gasteiger partial charge in [0.2, 0.25) is 5.91 Å². The average Bonchev–Trinajstić information content (AvgIpc) is 2.88. The first-order valence-corrected chi connectivity index (χ1v) is 10.7. The van der Waals surface area contributed by atoms with Crippen LogP contribution in [0.25, 0.3) is 0 Å². The molecule has 1 aromatic rings. The number of hydrogen-bond acceptors (Lipinski definition) is 3.